The van der Waals surface area contributed by atoms with E-state index >= 15 is 0 Å². The highest BCUT2D eigenvalue weighted by Crippen LogP contribution is 2.41. The van der Waals surface area contributed by atoms with Gasteiger partial charge in [0, 0.05) is 6.61 Å². The third kappa shape index (κ3) is 7.78. The maximum atomic E-state index is 8.83. The number of hydrogen-bond donors (Lipinski definition) is 2. The third-order valence-electron chi connectivity index (χ3n) is 6.60. The number of ether oxygens (including phenoxy) is 1. The Morgan fingerprint density at radius 1 is 0.960 bits per heavy atom. The standard InChI is InChI=1S/C21H40O3S/c1-2-4-17-6-8-18(9-7-17)19-10-12-20(13-11-19)23-15-3-5-21(24-22)14-16-25/h17-22,25H,2-16H2,1H3. The highest BCUT2D eigenvalue weighted by atomic mass is 32.1. The van der Waals surface area contributed by atoms with E-state index in [2.05, 4.69) is 24.4 Å². The molecule has 0 aromatic rings. The van der Waals surface area contributed by atoms with Crippen LogP contribution in [0.15, 0.2) is 0 Å². The SMILES string of the molecule is CCCC1CCC(C2CCC(OCCCC(CCS)OO)CC2)CC1. The molecular formula is C21H40O3S. The van der Waals surface area contributed by atoms with E-state index in [0.717, 1.165) is 49.4 Å². The van der Waals surface area contributed by atoms with Gasteiger partial charge in [0.25, 0.3) is 0 Å². The molecule has 0 amide bonds. The van der Waals surface area contributed by atoms with Crippen molar-refractivity contribution in [2.45, 2.75) is 103 Å². The van der Waals surface area contributed by atoms with E-state index in [0.29, 0.717) is 6.10 Å². The molecule has 2 aliphatic carbocycles. The lowest BCUT2D eigenvalue weighted by molar-refractivity contribution is -0.280. The molecule has 4 heteroatoms. The van der Waals surface area contributed by atoms with E-state index in [4.69, 9.17) is 9.99 Å². The van der Waals surface area contributed by atoms with E-state index in [9.17, 15) is 0 Å². The van der Waals surface area contributed by atoms with Gasteiger partial charge in [-0.1, -0.05) is 32.6 Å². The Bertz CT molecular complexity index is 323. The maximum absolute atomic E-state index is 8.83. The fourth-order valence-electron chi connectivity index (χ4n) is 5.04. The van der Waals surface area contributed by atoms with Crippen molar-refractivity contribution in [3.05, 3.63) is 0 Å². The first-order valence-electron chi connectivity index (χ1n) is 10.8. The second-order valence-electron chi connectivity index (χ2n) is 8.36. The van der Waals surface area contributed by atoms with Crippen molar-refractivity contribution in [2.24, 2.45) is 17.8 Å². The van der Waals surface area contributed by atoms with Crippen LogP contribution >= 0.6 is 12.6 Å². The zero-order valence-electron chi connectivity index (χ0n) is 16.2. The minimum Gasteiger partial charge on any atom is -0.378 e. The molecule has 0 saturated heterocycles. The van der Waals surface area contributed by atoms with E-state index in [1.807, 2.05) is 0 Å². The van der Waals surface area contributed by atoms with Crippen molar-refractivity contribution >= 4 is 12.6 Å². The number of hydrogen-bond acceptors (Lipinski definition) is 4. The van der Waals surface area contributed by atoms with Crippen LogP contribution in [0.25, 0.3) is 0 Å². The monoisotopic (exact) mass is 372 g/mol. The molecule has 0 bridgehead atoms. The van der Waals surface area contributed by atoms with Crippen molar-refractivity contribution < 1.29 is 14.9 Å². The molecule has 1 atom stereocenters. The molecule has 0 radical (unpaired) electrons. The zero-order valence-corrected chi connectivity index (χ0v) is 17.1. The molecule has 0 aliphatic heterocycles. The highest BCUT2D eigenvalue weighted by Gasteiger charge is 2.30. The molecule has 148 valence electrons. The Kier molecular flexibility index (Phi) is 10.8. The van der Waals surface area contributed by atoms with Gasteiger partial charge in [-0.3, -0.25) is 5.26 Å². The van der Waals surface area contributed by atoms with Gasteiger partial charge >= 0.3 is 0 Å². The van der Waals surface area contributed by atoms with Crippen LogP contribution in [0.1, 0.15) is 90.4 Å². The van der Waals surface area contributed by atoms with Crippen molar-refractivity contribution in [1.29, 1.82) is 0 Å². The van der Waals surface area contributed by atoms with Gasteiger partial charge in [-0.05, 0) is 81.3 Å². The first kappa shape index (κ1) is 21.5. The maximum Gasteiger partial charge on any atom is 0.0936 e. The Hall–Kier alpha value is 0.230. The second kappa shape index (κ2) is 12.6. The summed E-state index contributed by atoms with van der Waals surface area (Å²) in [5, 5.41) is 8.83. The van der Waals surface area contributed by atoms with Gasteiger partial charge < -0.3 is 4.74 Å². The van der Waals surface area contributed by atoms with Crippen LogP contribution in [-0.2, 0) is 9.62 Å². The summed E-state index contributed by atoms with van der Waals surface area (Å²) in [5.74, 6) is 3.73. The van der Waals surface area contributed by atoms with E-state index in [1.165, 1.54) is 64.2 Å². The fraction of sp³-hybridized carbons (Fsp3) is 1.00. The second-order valence-corrected chi connectivity index (χ2v) is 8.81. The molecule has 1 N–H and O–H groups in total. The molecule has 0 aromatic heterocycles. The van der Waals surface area contributed by atoms with Gasteiger partial charge in [-0.2, -0.15) is 12.6 Å². The van der Waals surface area contributed by atoms with Crippen LogP contribution < -0.4 is 0 Å². The first-order valence-corrected chi connectivity index (χ1v) is 11.4. The van der Waals surface area contributed by atoms with Crippen molar-refractivity contribution in [1.82, 2.24) is 0 Å². The lowest BCUT2D eigenvalue weighted by Crippen LogP contribution is -2.29. The summed E-state index contributed by atoms with van der Waals surface area (Å²) in [6.07, 6.45) is 17.0. The average molecular weight is 373 g/mol. The number of thiol groups is 1. The summed E-state index contributed by atoms with van der Waals surface area (Å²) in [6.45, 7) is 3.12. The van der Waals surface area contributed by atoms with Gasteiger partial charge in [-0.15, -0.1) is 0 Å². The molecule has 1 unspecified atom stereocenters. The van der Waals surface area contributed by atoms with Crippen molar-refractivity contribution in [2.75, 3.05) is 12.4 Å². The molecule has 0 spiro atoms. The van der Waals surface area contributed by atoms with Gasteiger partial charge in [0.1, 0.15) is 0 Å². The molecular weight excluding hydrogens is 332 g/mol. The molecule has 0 heterocycles. The van der Waals surface area contributed by atoms with Gasteiger partial charge in [0.15, 0.2) is 0 Å². The van der Waals surface area contributed by atoms with Crippen molar-refractivity contribution in [3.63, 3.8) is 0 Å². The largest absolute Gasteiger partial charge is 0.378 e. The van der Waals surface area contributed by atoms with Crippen molar-refractivity contribution in [3.8, 4) is 0 Å². The predicted octanol–water partition coefficient (Wildman–Crippen LogP) is 6.13. The average Bonchev–Trinajstić information content (AvgIpc) is 2.66. The molecule has 25 heavy (non-hydrogen) atoms. The van der Waals surface area contributed by atoms with E-state index in [1.54, 1.807) is 0 Å². The fourth-order valence-corrected chi connectivity index (χ4v) is 5.33. The Morgan fingerprint density at radius 2 is 1.60 bits per heavy atom. The summed E-state index contributed by atoms with van der Waals surface area (Å²) in [7, 11) is 0. The molecule has 2 aliphatic rings. The van der Waals surface area contributed by atoms with Gasteiger partial charge in [-0.25, -0.2) is 4.89 Å². The molecule has 3 nitrogen and oxygen atoms in total. The number of rotatable bonds is 11. The topological polar surface area (TPSA) is 38.7 Å². The van der Waals surface area contributed by atoms with E-state index < -0.39 is 0 Å². The minimum atomic E-state index is -0.0836. The first-order chi connectivity index (χ1) is 12.3. The van der Waals surface area contributed by atoms with Crippen LogP contribution in [0.5, 0.6) is 0 Å². The summed E-state index contributed by atoms with van der Waals surface area (Å²) in [4.78, 5) is 4.48. The van der Waals surface area contributed by atoms with Crippen LogP contribution in [0.4, 0.5) is 0 Å². The quantitative estimate of drug-likeness (QED) is 0.198. The van der Waals surface area contributed by atoms with Crippen LogP contribution in [-0.4, -0.2) is 29.8 Å². The van der Waals surface area contributed by atoms with E-state index in [-0.39, 0.29) is 6.10 Å². The van der Waals surface area contributed by atoms with Crippen LogP contribution in [0.2, 0.25) is 0 Å². The van der Waals surface area contributed by atoms with Gasteiger partial charge in [0.2, 0.25) is 0 Å². The minimum absolute atomic E-state index is 0.0836. The molecule has 2 saturated carbocycles. The summed E-state index contributed by atoms with van der Waals surface area (Å²) < 4.78 is 6.08. The molecule has 2 fully saturated rings. The third-order valence-corrected chi connectivity index (χ3v) is 6.86. The Morgan fingerprint density at radius 3 is 2.16 bits per heavy atom. The summed E-state index contributed by atoms with van der Waals surface area (Å²) >= 11 is 4.19. The predicted molar refractivity (Wildman–Crippen MR) is 107 cm³/mol. The van der Waals surface area contributed by atoms with Crippen LogP contribution in [0.3, 0.4) is 0 Å². The Labute approximate surface area is 160 Å². The highest BCUT2D eigenvalue weighted by molar-refractivity contribution is 7.80. The van der Waals surface area contributed by atoms with Gasteiger partial charge in [0.05, 0.1) is 12.2 Å². The zero-order chi connectivity index (χ0) is 17.9. The molecule has 2 rings (SSSR count). The normalized spacial score (nSPS) is 31.8. The summed E-state index contributed by atoms with van der Waals surface area (Å²) in [6, 6.07) is 0. The van der Waals surface area contributed by atoms with Crippen LogP contribution in [0, 0.1) is 17.8 Å². The molecule has 0 aromatic carbocycles. The Balaban J connectivity index is 1.54. The smallest absolute Gasteiger partial charge is 0.0936 e. The summed E-state index contributed by atoms with van der Waals surface area (Å²) in [5.41, 5.74) is 0. The lowest BCUT2D eigenvalue weighted by atomic mass is 9.70. The lowest BCUT2D eigenvalue weighted by Gasteiger charge is -2.37.